The SMILES string of the molecule is Cc1ccc(F)cc1COc1ccccc1CCl. The first-order valence-corrected chi connectivity index (χ1v) is 6.26. The number of rotatable bonds is 4. The summed E-state index contributed by atoms with van der Waals surface area (Å²) in [7, 11) is 0. The van der Waals surface area contributed by atoms with E-state index in [1.807, 2.05) is 31.2 Å². The minimum absolute atomic E-state index is 0.246. The maximum atomic E-state index is 13.1. The fourth-order valence-corrected chi connectivity index (χ4v) is 1.93. The molecule has 2 aromatic carbocycles. The number of aryl methyl sites for hydroxylation is 1. The Morgan fingerprint density at radius 2 is 1.89 bits per heavy atom. The van der Waals surface area contributed by atoms with Crippen LogP contribution >= 0.6 is 11.6 Å². The lowest BCUT2D eigenvalue weighted by atomic mass is 10.1. The van der Waals surface area contributed by atoms with Crippen LogP contribution in [-0.4, -0.2) is 0 Å². The van der Waals surface area contributed by atoms with Crippen LogP contribution in [0.15, 0.2) is 42.5 Å². The second kappa shape index (κ2) is 5.87. The molecule has 0 saturated carbocycles. The molecule has 1 nitrogen and oxygen atoms in total. The summed E-state index contributed by atoms with van der Waals surface area (Å²) in [5.41, 5.74) is 2.80. The van der Waals surface area contributed by atoms with Gasteiger partial charge in [0.15, 0.2) is 0 Å². The van der Waals surface area contributed by atoms with Gasteiger partial charge in [-0.15, -0.1) is 11.6 Å². The number of alkyl halides is 1. The zero-order valence-electron chi connectivity index (χ0n) is 10.1. The summed E-state index contributed by atoms with van der Waals surface area (Å²) in [5, 5.41) is 0. The zero-order chi connectivity index (χ0) is 13.0. The molecule has 0 radical (unpaired) electrons. The van der Waals surface area contributed by atoms with Crippen LogP contribution in [0, 0.1) is 12.7 Å². The van der Waals surface area contributed by atoms with E-state index in [2.05, 4.69) is 0 Å². The van der Waals surface area contributed by atoms with Crippen molar-refractivity contribution in [2.24, 2.45) is 0 Å². The summed E-state index contributed by atoms with van der Waals surface area (Å²) in [6.07, 6.45) is 0. The lowest BCUT2D eigenvalue weighted by Crippen LogP contribution is -2.00. The summed E-state index contributed by atoms with van der Waals surface area (Å²) >= 11 is 5.83. The maximum Gasteiger partial charge on any atom is 0.124 e. The third-order valence-corrected chi connectivity index (χ3v) is 3.10. The van der Waals surface area contributed by atoms with Crippen molar-refractivity contribution >= 4 is 11.6 Å². The summed E-state index contributed by atoms with van der Waals surface area (Å²) in [6, 6.07) is 12.3. The van der Waals surface area contributed by atoms with Crippen LogP contribution in [0.1, 0.15) is 16.7 Å². The van der Waals surface area contributed by atoms with Crippen molar-refractivity contribution in [3.63, 3.8) is 0 Å². The second-order valence-electron chi connectivity index (χ2n) is 4.10. The molecule has 0 aliphatic rings. The third kappa shape index (κ3) is 3.02. The van der Waals surface area contributed by atoms with Crippen molar-refractivity contribution in [1.29, 1.82) is 0 Å². The summed E-state index contributed by atoms with van der Waals surface area (Å²) < 4.78 is 18.8. The molecule has 0 bridgehead atoms. The number of hydrogen-bond acceptors (Lipinski definition) is 1. The smallest absolute Gasteiger partial charge is 0.124 e. The molecule has 0 N–H and O–H groups in total. The van der Waals surface area contributed by atoms with E-state index in [1.165, 1.54) is 12.1 Å². The van der Waals surface area contributed by atoms with Crippen molar-refractivity contribution < 1.29 is 9.13 Å². The lowest BCUT2D eigenvalue weighted by Gasteiger charge is -2.11. The van der Waals surface area contributed by atoms with Gasteiger partial charge in [-0.1, -0.05) is 24.3 Å². The van der Waals surface area contributed by atoms with Gasteiger partial charge in [-0.2, -0.15) is 0 Å². The number of hydrogen-bond donors (Lipinski definition) is 0. The van der Waals surface area contributed by atoms with Crippen LogP contribution in [0.25, 0.3) is 0 Å². The maximum absolute atomic E-state index is 13.1. The highest BCUT2D eigenvalue weighted by molar-refractivity contribution is 6.17. The summed E-state index contributed by atoms with van der Waals surface area (Å²) in [5.74, 6) is 0.902. The van der Waals surface area contributed by atoms with Crippen LogP contribution < -0.4 is 4.74 Å². The van der Waals surface area contributed by atoms with E-state index in [0.29, 0.717) is 12.5 Å². The minimum atomic E-state index is -0.246. The van der Waals surface area contributed by atoms with E-state index in [0.717, 1.165) is 22.4 Å². The average Bonchev–Trinajstić information content (AvgIpc) is 2.40. The molecule has 0 fully saturated rings. The Morgan fingerprint density at radius 1 is 1.11 bits per heavy atom. The second-order valence-corrected chi connectivity index (χ2v) is 4.37. The Kier molecular flexibility index (Phi) is 4.21. The van der Waals surface area contributed by atoms with Gasteiger partial charge in [-0.05, 0) is 36.2 Å². The summed E-state index contributed by atoms with van der Waals surface area (Å²) in [6.45, 7) is 2.28. The fraction of sp³-hybridized carbons (Fsp3) is 0.200. The predicted octanol–water partition coefficient (Wildman–Crippen LogP) is 4.45. The van der Waals surface area contributed by atoms with Gasteiger partial charge >= 0.3 is 0 Å². The van der Waals surface area contributed by atoms with E-state index in [1.54, 1.807) is 6.07 Å². The molecular formula is C15H14ClFO. The number of halogens is 2. The van der Waals surface area contributed by atoms with E-state index in [9.17, 15) is 4.39 Å². The Bertz CT molecular complexity index is 540. The van der Waals surface area contributed by atoms with E-state index in [-0.39, 0.29) is 5.82 Å². The normalized spacial score (nSPS) is 10.4. The highest BCUT2D eigenvalue weighted by atomic mass is 35.5. The van der Waals surface area contributed by atoms with Crippen molar-refractivity contribution in [2.75, 3.05) is 0 Å². The van der Waals surface area contributed by atoms with Crippen molar-refractivity contribution in [3.05, 3.63) is 65.0 Å². The molecule has 2 aromatic rings. The van der Waals surface area contributed by atoms with Gasteiger partial charge in [-0.3, -0.25) is 0 Å². The van der Waals surface area contributed by atoms with Gasteiger partial charge in [0.25, 0.3) is 0 Å². The molecule has 0 amide bonds. The number of ether oxygens (including phenoxy) is 1. The largest absolute Gasteiger partial charge is 0.489 e. The van der Waals surface area contributed by atoms with Crippen LogP contribution in [0.2, 0.25) is 0 Å². The van der Waals surface area contributed by atoms with Crippen molar-refractivity contribution in [3.8, 4) is 5.75 Å². The number of para-hydroxylation sites is 1. The first-order chi connectivity index (χ1) is 8.70. The average molecular weight is 265 g/mol. The molecule has 0 saturated heterocycles. The quantitative estimate of drug-likeness (QED) is 0.741. The standard InChI is InChI=1S/C15H14ClFO/c1-11-6-7-14(17)8-13(11)10-18-15-5-3-2-4-12(15)9-16/h2-8H,9-10H2,1H3. The van der Waals surface area contributed by atoms with Crippen LogP contribution in [0.5, 0.6) is 5.75 Å². The van der Waals surface area contributed by atoms with Crippen molar-refractivity contribution in [2.45, 2.75) is 19.4 Å². The van der Waals surface area contributed by atoms with Gasteiger partial charge in [0.05, 0.1) is 5.88 Å². The van der Waals surface area contributed by atoms with Gasteiger partial charge in [0.2, 0.25) is 0 Å². The molecule has 3 heteroatoms. The molecule has 0 unspecified atom stereocenters. The molecular weight excluding hydrogens is 251 g/mol. The van der Waals surface area contributed by atoms with E-state index < -0.39 is 0 Å². The third-order valence-electron chi connectivity index (χ3n) is 2.81. The molecule has 0 aliphatic carbocycles. The highest BCUT2D eigenvalue weighted by Crippen LogP contribution is 2.21. The summed E-state index contributed by atoms with van der Waals surface area (Å²) in [4.78, 5) is 0. The Hall–Kier alpha value is -1.54. The molecule has 0 heterocycles. The van der Waals surface area contributed by atoms with E-state index >= 15 is 0 Å². The van der Waals surface area contributed by atoms with Crippen LogP contribution in [-0.2, 0) is 12.5 Å². The lowest BCUT2D eigenvalue weighted by molar-refractivity contribution is 0.302. The first-order valence-electron chi connectivity index (χ1n) is 5.72. The molecule has 2 rings (SSSR count). The Morgan fingerprint density at radius 3 is 2.67 bits per heavy atom. The topological polar surface area (TPSA) is 9.23 Å². The van der Waals surface area contributed by atoms with Gasteiger partial charge < -0.3 is 4.74 Å². The molecule has 0 spiro atoms. The fourth-order valence-electron chi connectivity index (χ4n) is 1.71. The zero-order valence-corrected chi connectivity index (χ0v) is 10.9. The molecule has 0 aromatic heterocycles. The van der Waals surface area contributed by atoms with Crippen molar-refractivity contribution in [1.82, 2.24) is 0 Å². The Labute approximate surface area is 111 Å². The Balaban J connectivity index is 2.14. The highest BCUT2D eigenvalue weighted by Gasteiger charge is 2.04. The monoisotopic (exact) mass is 264 g/mol. The van der Waals surface area contributed by atoms with Crippen LogP contribution in [0.4, 0.5) is 4.39 Å². The van der Waals surface area contributed by atoms with Gasteiger partial charge in [0.1, 0.15) is 18.2 Å². The predicted molar refractivity (Wildman–Crippen MR) is 71.5 cm³/mol. The first kappa shape index (κ1) is 12.9. The number of benzene rings is 2. The minimum Gasteiger partial charge on any atom is -0.489 e. The molecule has 18 heavy (non-hydrogen) atoms. The van der Waals surface area contributed by atoms with Crippen LogP contribution in [0.3, 0.4) is 0 Å². The van der Waals surface area contributed by atoms with E-state index in [4.69, 9.17) is 16.3 Å². The molecule has 0 aliphatic heterocycles. The molecule has 94 valence electrons. The van der Waals surface area contributed by atoms with Gasteiger partial charge in [0, 0.05) is 5.56 Å². The van der Waals surface area contributed by atoms with Gasteiger partial charge in [-0.25, -0.2) is 4.39 Å². The molecule has 0 atom stereocenters.